The van der Waals surface area contributed by atoms with Crippen LogP contribution in [-0.4, -0.2) is 5.17 Å². The Hall–Kier alpha value is 0.570. The van der Waals surface area contributed by atoms with E-state index in [-0.39, 0.29) is 53.1 Å². The zero-order valence-corrected chi connectivity index (χ0v) is 11.7. The minimum atomic E-state index is 0. The van der Waals surface area contributed by atoms with Crippen molar-refractivity contribution in [2.75, 3.05) is 0 Å². The minimum absolute atomic E-state index is 0. The smallest absolute Gasteiger partial charge is 0.178 e. The van der Waals surface area contributed by atoms with Gasteiger partial charge in [-0.25, -0.2) is 4.57 Å². The predicted octanol–water partition coefficient (Wildman–Crippen LogP) is -1.30. The van der Waals surface area contributed by atoms with Crippen LogP contribution in [0.2, 0.25) is 0 Å². The highest BCUT2D eigenvalue weighted by atomic mass is 127. The van der Waals surface area contributed by atoms with Gasteiger partial charge in [-0.3, -0.25) is 5.41 Å². The number of rotatable bonds is 1. The van der Waals surface area contributed by atoms with Gasteiger partial charge in [-0.2, -0.15) is 0 Å². The Kier molecular flexibility index (Phi) is 8.81. The molecule has 1 heterocycles. The predicted molar refractivity (Wildman–Crippen MR) is 55.7 cm³/mol. The van der Waals surface area contributed by atoms with Gasteiger partial charge in [0.05, 0.1) is 5.56 Å². The van der Waals surface area contributed by atoms with Crippen LogP contribution in [0.1, 0.15) is 5.56 Å². The number of aromatic nitrogens is 1. The summed E-state index contributed by atoms with van der Waals surface area (Å²) in [6.07, 6.45) is 3.69. The molecule has 1 N–H and O–H groups in total. The van der Waals surface area contributed by atoms with Crippen molar-refractivity contribution in [3.8, 4) is 0 Å². The summed E-state index contributed by atoms with van der Waals surface area (Å²) in [4.78, 5) is 0. The first-order chi connectivity index (χ1) is 4.70. The Morgan fingerprint density at radius 2 is 2.17 bits per heavy atom. The third-order valence-corrected chi connectivity index (χ3v) is 1.41. The van der Waals surface area contributed by atoms with Crippen LogP contribution in [0.15, 0.2) is 24.5 Å². The molecule has 1 aromatic rings. The summed E-state index contributed by atoms with van der Waals surface area (Å²) in [5.74, 6) is 0. The summed E-state index contributed by atoms with van der Waals surface area (Å²) in [7, 11) is 1.89. The van der Waals surface area contributed by atoms with Crippen LogP contribution in [0.5, 0.6) is 0 Å². The molecule has 2 nitrogen and oxygen atoms in total. The van der Waals surface area contributed by atoms with Crippen LogP contribution in [0.3, 0.4) is 0 Å². The van der Waals surface area contributed by atoms with Crippen molar-refractivity contribution in [2.24, 2.45) is 7.05 Å². The Bertz CT molecular complexity index is 265. The monoisotopic (exact) mass is 410 g/mol. The maximum Gasteiger partial charge on any atom is 0.178 e. The molecule has 5 heteroatoms. The van der Waals surface area contributed by atoms with Gasteiger partial charge in [0.1, 0.15) is 12.2 Å². The molecule has 0 aliphatic rings. The lowest BCUT2D eigenvalue weighted by Gasteiger charge is -1.90. The van der Waals surface area contributed by atoms with E-state index in [9.17, 15) is 0 Å². The van der Waals surface area contributed by atoms with Crippen LogP contribution in [0.25, 0.3) is 0 Å². The Balaban J connectivity index is 0. The molecule has 0 fully saturated rings. The zero-order valence-electron chi connectivity index (χ0n) is 6.42. The molecule has 0 aromatic carbocycles. The fraction of sp³-hybridized carbons (Fsp3) is 0.143. The van der Waals surface area contributed by atoms with E-state index in [1.807, 2.05) is 23.9 Å². The molecule has 0 amide bonds. The fourth-order valence-corrected chi connectivity index (χ4v) is 0.830. The Labute approximate surface area is 111 Å². The molecule has 1 aromatic heterocycles. The number of pyridine rings is 1. The third kappa shape index (κ3) is 4.56. The second kappa shape index (κ2) is 7.02. The number of nitrogens with one attached hydrogen (secondary N) is 1. The molecule has 0 bridgehead atoms. The lowest BCUT2D eigenvalue weighted by Crippen LogP contribution is -3.00. The van der Waals surface area contributed by atoms with Crippen LogP contribution < -0.4 is 28.5 Å². The largest absolute Gasteiger partial charge is 1.00 e. The molecule has 0 spiro atoms. The molecule has 0 aliphatic carbocycles. The molecule has 12 heavy (non-hydrogen) atoms. The van der Waals surface area contributed by atoms with Crippen molar-refractivity contribution in [1.82, 2.24) is 0 Å². The normalized spacial score (nSPS) is 7.83. The highest BCUT2D eigenvalue weighted by Crippen LogP contribution is 1.97. The van der Waals surface area contributed by atoms with Gasteiger partial charge < -0.3 is 24.0 Å². The van der Waals surface area contributed by atoms with Gasteiger partial charge in [-0.1, -0.05) is 11.6 Å². The van der Waals surface area contributed by atoms with Crippen molar-refractivity contribution < 1.29 is 28.5 Å². The van der Waals surface area contributed by atoms with Crippen LogP contribution in [0.4, 0.5) is 0 Å². The average molecular weight is 410 g/mol. The van der Waals surface area contributed by atoms with Crippen molar-refractivity contribution in [1.29, 1.82) is 5.41 Å². The summed E-state index contributed by atoms with van der Waals surface area (Å²) in [6, 6.07) is 3.65. The van der Waals surface area contributed by atoms with E-state index >= 15 is 0 Å². The Morgan fingerprint density at radius 1 is 1.58 bits per heavy atom. The molecule has 0 atom stereocenters. The second-order valence-corrected chi connectivity index (χ2v) is 2.45. The van der Waals surface area contributed by atoms with E-state index < -0.39 is 0 Å². The topological polar surface area (TPSA) is 27.7 Å². The standard InChI is InChI=1S/C7H8ClN2.2HI/c1-10-4-2-3-6(5-10)7(8)9;;/h2-5,9H,1H3;2*1H/q+1;;/p-1. The maximum absolute atomic E-state index is 7.08. The van der Waals surface area contributed by atoms with E-state index in [2.05, 4.69) is 0 Å². The van der Waals surface area contributed by atoms with Gasteiger partial charge in [-0.05, 0) is 6.07 Å². The molecular weight excluding hydrogens is 401 g/mol. The van der Waals surface area contributed by atoms with E-state index in [0.717, 1.165) is 5.56 Å². The highest BCUT2D eigenvalue weighted by Gasteiger charge is 1.99. The lowest BCUT2D eigenvalue weighted by atomic mass is 10.3. The zero-order chi connectivity index (χ0) is 7.56. The van der Waals surface area contributed by atoms with Crippen molar-refractivity contribution >= 4 is 40.7 Å². The fourth-order valence-electron chi connectivity index (χ4n) is 0.718. The van der Waals surface area contributed by atoms with E-state index in [1.54, 1.807) is 12.3 Å². The number of aryl methyl sites for hydroxylation is 1. The van der Waals surface area contributed by atoms with Gasteiger partial charge in [0.2, 0.25) is 0 Å². The molecule has 0 radical (unpaired) electrons. The first kappa shape index (κ1) is 15.1. The van der Waals surface area contributed by atoms with Crippen molar-refractivity contribution in [3.05, 3.63) is 30.1 Å². The van der Waals surface area contributed by atoms with E-state index in [4.69, 9.17) is 17.0 Å². The van der Waals surface area contributed by atoms with E-state index in [0.29, 0.717) is 0 Å². The lowest BCUT2D eigenvalue weighted by molar-refractivity contribution is -0.671. The summed E-state index contributed by atoms with van der Waals surface area (Å²) in [5.41, 5.74) is 0.742. The SMILES string of the molecule is C[n+]1cccc(C(=N)Cl)c1.I.[I-]. The molecule has 1 rings (SSSR count). The third-order valence-electron chi connectivity index (χ3n) is 1.19. The number of nitrogens with zero attached hydrogens (tertiary/aromatic N) is 1. The quantitative estimate of drug-likeness (QED) is 0.339. The summed E-state index contributed by atoms with van der Waals surface area (Å²) in [5, 5.41) is 7.16. The number of hydrogen-bond acceptors (Lipinski definition) is 1. The van der Waals surface area contributed by atoms with Gasteiger partial charge in [0.25, 0.3) is 0 Å². The number of hydrogen-bond donors (Lipinski definition) is 1. The molecular formula is C7H9ClI2N2. The van der Waals surface area contributed by atoms with Crippen LogP contribution >= 0.6 is 35.6 Å². The van der Waals surface area contributed by atoms with Crippen molar-refractivity contribution in [2.45, 2.75) is 0 Å². The van der Waals surface area contributed by atoms with Gasteiger partial charge in [0, 0.05) is 6.07 Å². The average Bonchev–Trinajstić information content (AvgIpc) is 1.88. The first-order valence-corrected chi connectivity index (χ1v) is 3.27. The Morgan fingerprint density at radius 3 is 2.50 bits per heavy atom. The van der Waals surface area contributed by atoms with Gasteiger partial charge in [0.15, 0.2) is 12.4 Å². The summed E-state index contributed by atoms with van der Waals surface area (Å²) >= 11 is 5.45. The van der Waals surface area contributed by atoms with Gasteiger partial charge >= 0.3 is 0 Å². The molecule has 0 saturated carbocycles. The van der Waals surface area contributed by atoms with Crippen LogP contribution in [0, 0.1) is 5.41 Å². The molecule has 0 saturated heterocycles. The summed E-state index contributed by atoms with van der Waals surface area (Å²) < 4.78 is 1.85. The highest BCUT2D eigenvalue weighted by molar-refractivity contribution is 14.0. The first-order valence-electron chi connectivity index (χ1n) is 2.90. The summed E-state index contributed by atoms with van der Waals surface area (Å²) in [6.45, 7) is 0. The maximum atomic E-state index is 7.08. The molecule has 0 aliphatic heterocycles. The number of halogens is 3. The molecule has 68 valence electrons. The van der Waals surface area contributed by atoms with Crippen molar-refractivity contribution in [3.63, 3.8) is 0 Å². The molecule has 0 unspecified atom stereocenters. The van der Waals surface area contributed by atoms with Gasteiger partial charge in [-0.15, -0.1) is 24.0 Å². The van der Waals surface area contributed by atoms with Crippen LogP contribution in [-0.2, 0) is 7.05 Å². The minimum Gasteiger partial charge on any atom is -1.00 e. The van der Waals surface area contributed by atoms with E-state index in [1.165, 1.54) is 0 Å². The second-order valence-electron chi connectivity index (χ2n) is 2.07.